The zero-order valence-electron chi connectivity index (χ0n) is 17.9. The third-order valence-corrected chi connectivity index (χ3v) is 5.86. The van der Waals surface area contributed by atoms with Crippen molar-refractivity contribution in [3.05, 3.63) is 64.2 Å². The molecule has 0 bridgehead atoms. The Bertz CT molecular complexity index is 899. The summed E-state index contributed by atoms with van der Waals surface area (Å²) in [6.45, 7) is 4.90. The van der Waals surface area contributed by atoms with E-state index in [1.165, 1.54) is 12.1 Å². The van der Waals surface area contributed by atoms with Crippen molar-refractivity contribution in [3.63, 3.8) is 0 Å². The Balaban J connectivity index is 1.29. The molecule has 4 rings (SSSR count). The molecule has 2 aromatic carbocycles. The average Bonchev–Trinajstić information content (AvgIpc) is 2.80. The number of nitro benzene ring substituents is 1. The number of nitrogens with zero attached hydrogens (tertiary/aromatic N) is 2. The van der Waals surface area contributed by atoms with Gasteiger partial charge in [0.1, 0.15) is 38.9 Å². The molecular formula is C23H29N2O7+. The third-order valence-electron chi connectivity index (χ3n) is 5.86. The molecule has 9 heteroatoms. The van der Waals surface area contributed by atoms with Gasteiger partial charge >= 0.3 is 0 Å². The van der Waals surface area contributed by atoms with E-state index in [0.717, 1.165) is 24.4 Å². The summed E-state index contributed by atoms with van der Waals surface area (Å²) in [7, 11) is 0. The Morgan fingerprint density at radius 2 is 1.84 bits per heavy atom. The zero-order valence-corrected chi connectivity index (χ0v) is 17.9. The van der Waals surface area contributed by atoms with Crippen LogP contribution in [-0.4, -0.2) is 79.4 Å². The van der Waals surface area contributed by atoms with Crippen LogP contribution in [0.15, 0.2) is 48.5 Å². The molecule has 0 amide bonds. The SMILES string of the molecule is O=[N+]([O-])c1ccc(C[N+]2(C[C@@H](O)COC[C@@H]3COc4ccccc4O3)CCOCC2)cc1. The highest BCUT2D eigenvalue weighted by Crippen LogP contribution is 2.31. The molecule has 2 aliphatic heterocycles. The molecule has 1 fully saturated rings. The minimum atomic E-state index is -0.650. The molecule has 0 radical (unpaired) electrons. The van der Waals surface area contributed by atoms with Crippen molar-refractivity contribution >= 4 is 5.69 Å². The van der Waals surface area contributed by atoms with E-state index in [1.54, 1.807) is 12.1 Å². The first-order valence-corrected chi connectivity index (χ1v) is 10.8. The molecule has 2 aromatic rings. The monoisotopic (exact) mass is 445 g/mol. The summed E-state index contributed by atoms with van der Waals surface area (Å²) in [4.78, 5) is 10.5. The second-order valence-corrected chi connectivity index (χ2v) is 8.35. The molecule has 32 heavy (non-hydrogen) atoms. The van der Waals surface area contributed by atoms with Crippen LogP contribution in [0.3, 0.4) is 0 Å². The van der Waals surface area contributed by atoms with Gasteiger partial charge in [-0.15, -0.1) is 0 Å². The van der Waals surface area contributed by atoms with Gasteiger partial charge in [0.25, 0.3) is 5.69 Å². The highest BCUT2D eigenvalue weighted by Gasteiger charge is 2.33. The Morgan fingerprint density at radius 3 is 2.56 bits per heavy atom. The fourth-order valence-electron chi connectivity index (χ4n) is 4.23. The normalized spacial score (nSPS) is 20.5. The highest BCUT2D eigenvalue weighted by atomic mass is 16.6. The number of morpholine rings is 1. The van der Waals surface area contributed by atoms with Gasteiger partial charge in [-0.05, 0) is 24.3 Å². The molecule has 1 saturated heterocycles. The van der Waals surface area contributed by atoms with E-state index >= 15 is 0 Å². The van der Waals surface area contributed by atoms with Gasteiger partial charge in [-0.1, -0.05) is 12.1 Å². The standard InChI is InChI=1S/C23H29N2O7/c26-20(15-30-16-21-17-31-22-3-1-2-4-23(22)32-21)14-25(9-11-29-12-10-25)13-18-5-7-19(8-6-18)24(27)28/h1-8,20-21,26H,9-17H2/q+1/t20-,21-/m1/s1. The van der Waals surface area contributed by atoms with Crippen LogP contribution in [0.4, 0.5) is 5.69 Å². The summed E-state index contributed by atoms with van der Waals surface area (Å²) in [5.41, 5.74) is 1.07. The lowest BCUT2D eigenvalue weighted by Gasteiger charge is -2.42. The van der Waals surface area contributed by atoms with E-state index in [2.05, 4.69) is 0 Å². The van der Waals surface area contributed by atoms with Crippen LogP contribution in [0.5, 0.6) is 11.5 Å². The van der Waals surface area contributed by atoms with Crippen LogP contribution in [0, 0.1) is 10.1 Å². The fourth-order valence-corrected chi connectivity index (χ4v) is 4.23. The summed E-state index contributed by atoms with van der Waals surface area (Å²) in [5, 5.41) is 21.6. The van der Waals surface area contributed by atoms with Crippen molar-refractivity contribution in [2.45, 2.75) is 18.8 Å². The van der Waals surface area contributed by atoms with E-state index in [1.807, 2.05) is 24.3 Å². The highest BCUT2D eigenvalue weighted by molar-refractivity contribution is 5.40. The molecule has 0 unspecified atom stereocenters. The van der Waals surface area contributed by atoms with Gasteiger partial charge in [-0.2, -0.15) is 0 Å². The van der Waals surface area contributed by atoms with Crippen molar-refractivity contribution in [1.29, 1.82) is 0 Å². The molecule has 0 aliphatic carbocycles. The van der Waals surface area contributed by atoms with E-state index in [4.69, 9.17) is 18.9 Å². The van der Waals surface area contributed by atoms with Gasteiger partial charge in [0, 0.05) is 17.7 Å². The Hall–Kier alpha value is -2.72. The Labute approximate surface area is 186 Å². The van der Waals surface area contributed by atoms with Gasteiger partial charge in [-0.3, -0.25) is 10.1 Å². The van der Waals surface area contributed by atoms with Crippen LogP contribution in [0.25, 0.3) is 0 Å². The topological polar surface area (TPSA) is 100 Å². The number of ether oxygens (including phenoxy) is 4. The number of rotatable bonds is 9. The van der Waals surface area contributed by atoms with Crippen molar-refractivity contribution < 1.29 is 33.5 Å². The first kappa shape index (κ1) is 22.5. The van der Waals surface area contributed by atoms with Crippen LogP contribution in [0.2, 0.25) is 0 Å². The lowest BCUT2D eigenvalue weighted by atomic mass is 10.1. The second kappa shape index (κ2) is 10.3. The number of quaternary nitrogens is 1. The number of aliphatic hydroxyl groups excluding tert-OH is 1. The number of aliphatic hydroxyl groups is 1. The lowest BCUT2D eigenvalue weighted by Crippen LogP contribution is -2.58. The van der Waals surface area contributed by atoms with Crippen LogP contribution >= 0.6 is 0 Å². The largest absolute Gasteiger partial charge is 0.486 e. The number of benzene rings is 2. The second-order valence-electron chi connectivity index (χ2n) is 8.35. The number of para-hydroxylation sites is 2. The Kier molecular flexibility index (Phi) is 7.21. The predicted molar refractivity (Wildman–Crippen MR) is 116 cm³/mol. The van der Waals surface area contributed by atoms with Crippen LogP contribution < -0.4 is 9.47 Å². The Morgan fingerprint density at radius 1 is 1.12 bits per heavy atom. The maximum absolute atomic E-state index is 10.9. The molecule has 2 atom stereocenters. The molecule has 172 valence electrons. The van der Waals surface area contributed by atoms with Gasteiger partial charge in [0.15, 0.2) is 17.6 Å². The van der Waals surface area contributed by atoms with Crippen molar-refractivity contribution in [3.8, 4) is 11.5 Å². The molecule has 0 aromatic heterocycles. The summed E-state index contributed by atoms with van der Waals surface area (Å²) in [6, 6.07) is 14.1. The maximum Gasteiger partial charge on any atom is 0.269 e. The quantitative estimate of drug-likeness (QED) is 0.359. The number of hydrogen-bond donors (Lipinski definition) is 1. The van der Waals surface area contributed by atoms with Crippen molar-refractivity contribution in [1.82, 2.24) is 0 Å². The molecule has 9 nitrogen and oxygen atoms in total. The fraction of sp³-hybridized carbons (Fsp3) is 0.478. The van der Waals surface area contributed by atoms with Crippen molar-refractivity contribution in [2.75, 3.05) is 52.7 Å². The summed E-state index contributed by atoms with van der Waals surface area (Å²) < 4.78 is 23.5. The first-order chi connectivity index (χ1) is 15.5. The van der Waals surface area contributed by atoms with E-state index in [-0.39, 0.29) is 18.4 Å². The zero-order chi connectivity index (χ0) is 22.4. The third kappa shape index (κ3) is 5.74. The lowest BCUT2D eigenvalue weighted by molar-refractivity contribution is -0.950. The molecule has 0 spiro atoms. The predicted octanol–water partition coefficient (Wildman–Crippen LogP) is 2.16. The number of hydrogen-bond acceptors (Lipinski definition) is 7. The molecule has 0 saturated carbocycles. The summed E-state index contributed by atoms with van der Waals surface area (Å²) in [6.07, 6.45) is -0.869. The van der Waals surface area contributed by atoms with E-state index in [0.29, 0.717) is 49.7 Å². The molecule has 1 N–H and O–H groups in total. The van der Waals surface area contributed by atoms with E-state index in [9.17, 15) is 15.2 Å². The van der Waals surface area contributed by atoms with Gasteiger partial charge in [-0.25, -0.2) is 0 Å². The number of nitro groups is 1. The average molecular weight is 445 g/mol. The first-order valence-electron chi connectivity index (χ1n) is 10.8. The minimum Gasteiger partial charge on any atom is -0.486 e. The van der Waals surface area contributed by atoms with Crippen LogP contribution in [0.1, 0.15) is 5.56 Å². The minimum absolute atomic E-state index is 0.0762. The van der Waals surface area contributed by atoms with Crippen LogP contribution in [-0.2, 0) is 16.0 Å². The molecule has 2 aliphatic rings. The summed E-state index contributed by atoms with van der Waals surface area (Å²) in [5.74, 6) is 1.43. The van der Waals surface area contributed by atoms with E-state index < -0.39 is 11.0 Å². The van der Waals surface area contributed by atoms with Gasteiger partial charge in [0.2, 0.25) is 0 Å². The van der Waals surface area contributed by atoms with Crippen molar-refractivity contribution in [2.24, 2.45) is 0 Å². The van der Waals surface area contributed by atoms with Gasteiger partial charge in [0.05, 0.1) is 31.4 Å². The molecule has 2 heterocycles. The summed E-state index contributed by atoms with van der Waals surface area (Å²) >= 11 is 0. The number of non-ortho nitro benzene ring substituents is 1. The smallest absolute Gasteiger partial charge is 0.269 e. The number of fused-ring (bicyclic) bond motifs is 1. The maximum atomic E-state index is 10.9. The molecular weight excluding hydrogens is 416 g/mol. The van der Waals surface area contributed by atoms with Gasteiger partial charge < -0.3 is 28.5 Å².